The molecule has 4 heterocycles. The zero-order valence-electron chi connectivity index (χ0n) is 13.9. The van der Waals surface area contributed by atoms with Crippen molar-refractivity contribution in [1.82, 2.24) is 20.0 Å². The van der Waals surface area contributed by atoms with Crippen molar-refractivity contribution in [1.29, 1.82) is 0 Å². The summed E-state index contributed by atoms with van der Waals surface area (Å²) in [6, 6.07) is 1.33. The van der Waals surface area contributed by atoms with Gasteiger partial charge in [-0.2, -0.15) is 0 Å². The predicted molar refractivity (Wildman–Crippen MR) is 87.1 cm³/mol. The molecular weight excluding hydrogens is 292 g/mol. The van der Waals surface area contributed by atoms with Crippen molar-refractivity contribution in [3.05, 3.63) is 0 Å². The summed E-state index contributed by atoms with van der Waals surface area (Å²) in [5.41, 5.74) is 0. The lowest BCUT2D eigenvalue weighted by Crippen LogP contribution is -2.53. The molecule has 3 amide bonds. The Hall–Kier alpha value is -1.30. The molecule has 0 aliphatic carbocycles. The van der Waals surface area contributed by atoms with E-state index < -0.39 is 0 Å². The zero-order chi connectivity index (χ0) is 15.8. The first-order valence-electron chi connectivity index (χ1n) is 9.32. The van der Waals surface area contributed by atoms with Gasteiger partial charge in [-0.3, -0.25) is 4.79 Å². The Bertz CT molecular complexity index is 469. The van der Waals surface area contributed by atoms with Gasteiger partial charge in [-0.25, -0.2) is 4.79 Å². The lowest BCUT2D eigenvalue weighted by Gasteiger charge is -2.41. The van der Waals surface area contributed by atoms with Crippen molar-refractivity contribution in [3.63, 3.8) is 0 Å². The maximum Gasteiger partial charge on any atom is 0.319 e. The number of piperidine rings is 2. The first kappa shape index (κ1) is 15.2. The Morgan fingerprint density at radius 1 is 0.957 bits per heavy atom. The summed E-state index contributed by atoms with van der Waals surface area (Å²) >= 11 is 0. The molecule has 0 radical (unpaired) electrons. The third-order valence-corrected chi connectivity index (χ3v) is 6.11. The van der Waals surface area contributed by atoms with E-state index in [0.717, 1.165) is 64.8 Å². The lowest BCUT2D eigenvalue weighted by molar-refractivity contribution is -0.132. The third-order valence-electron chi connectivity index (χ3n) is 6.11. The minimum absolute atomic E-state index is 0.219. The minimum Gasteiger partial charge on any atom is -0.335 e. The molecule has 0 aromatic heterocycles. The molecule has 0 aromatic rings. The summed E-state index contributed by atoms with van der Waals surface area (Å²) in [4.78, 5) is 31.1. The molecule has 128 valence electrons. The van der Waals surface area contributed by atoms with Gasteiger partial charge in [-0.15, -0.1) is 0 Å². The SMILES string of the molecule is O=C(N1CCCCC1)N1CCC(N2C(=O)C[C@H]3NCC[C@H]32)CC1. The van der Waals surface area contributed by atoms with Gasteiger partial charge in [-0.05, 0) is 45.1 Å². The van der Waals surface area contributed by atoms with Crippen LogP contribution in [0.2, 0.25) is 0 Å². The lowest BCUT2D eigenvalue weighted by atomic mass is 10.0. The van der Waals surface area contributed by atoms with E-state index in [4.69, 9.17) is 0 Å². The fourth-order valence-electron chi connectivity index (χ4n) is 4.87. The maximum absolute atomic E-state index is 12.6. The molecule has 0 unspecified atom stereocenters. The van der Waals surface area contributed by atoms with Crippen LogP contribution in [0.5, 0.6) is 0 Å². The Labute approximate surface area is 138 Å². The van der Waals surface area contributed by atoms with E-state index in [1.807, 2.05) is 9.80 Å². The fraction of sp³-hybridized carbons (Fsp3) is 0.882. The van der Waals surface area contributed by atoms with Gasteiger partial charge in [-0.1, -0.05) is 0 Å². The minimum atomic E-state index is 0.219. The number of nitrogens with zero attached hydrogens (tertiary/aromatic N) is 3. The van der Waals surface area contributed by atoms with Crippen LogP contribution in [-0.4, -0.2) is 77.5 Å². The van der Waals surface area contributed by atoms with Crippen LogP contribution in [0.4, 0.5) is 4.79 Å². The highest BCUT2D eigenvalue weighted by Gasteiger charge is 2.46. The largest absolute Gasteiger partial charge is 0.335 e. The molecule has 0 aromatic carbocycles. The highest BCUT2D eigenvalue weighted by Crippen LogP contribution is 2.31. The Kier molecular flexibility index (Phi) is 4.18. The molecule has 23 heavy (non-hydrogen) atoms. The summed E-state index contributed by atoms with van der Waals surface area (Å²) < 4.78 is 0. The van der Waals surface area contributed by atoms with Gasteiger partial charge in [0.25, 0.3) is 0 Å². The first-order chi connectivity index (χ1) is 11.2. The number of amides is 3. The normalized spacial score (nSPS) is 32.5. The van der Waals surface area contributed by atoms with Gasteiger partial charge in [0, 0.05) is 50.7 Å². The molecule has 6 heteroatoms. The average molecular weight is 320 g/mol. The molecule has 0 bridgehead atoms. The summed E-state index contributed by atoms with van der Waals surface area (Å²) in [5.74, 6) is 0.313. The zero-order valence-corrected chi connectivity index (χ0v) is 13.9. The molecular formula is C17H28N4O2. The van der Waals surface area contributed by atoms with E-state index in [2.05, 4.69) is 10.2 Å². The second kappa shape index (κ2) is 6.30. The number of carbonyl (C=O) groups is 2. The van der Waals surface area contributed by atoms with Crippen molar-refractivity contribution in [3.8, 4) is 0 Å². The third kappa shape index (κ3) is 2.82. The van der Waals surface area contributed by atoms with Crippen LogP contribution >= 0.6 is 0 Å². The molecule has 4 rings (SSSR count). The average Bonchev–Trinajstić information content (AvgIpc) is 3.15. The van der Waals surface area contributed by atoms with Crippen LogP contribution in [-0.2, 0) is 4.79 Å². The fourth-order valence-corrected chi connectivity index (χ4v) is 4.87. The topological polar surface area (TPSA) is 55.9 Å². The molecule has 4 saturated heterocycles. The van der Waals surface area contributed by atoms with E-state index in [1.54, 1.807) is 0 Å². The molecule has 0 saturated carbocycles. The van der Waals surface area contributed by atoms with Crippen LogP contribution in [0.3, 0.4) is 0 Å². The van der Waals surface area contributed by atoms with Crippen LogP contribution in [0.25, 0.3) is 0 Å². The van der Waals surface area contributed by atoms with Gasteiger partial charge in [0.05, 0.1) is 0 Å². The maximum atomic E-state index is 12.6. The van der Waals surface area contributed by atoms with Gasteiger partial charge < -0.3 is 20.0 Å². The number of hydrogen-bond donors (Lipinski definition) is 1. The van der Waals surface area contributed by atoms with Crippen LogP contribution in [0.15, 0.2) is 0 Å². The van der Waals surface area contributed by atoms with E-state index in [-0.39, 0.29) is 6.03 Å². The van der Waals surface area contributed by atoms with Crippen molar-refractivity contribution in [2.24, 2.45) is 0 Å². The number of urea groups is 1. The van der Waals surface area contributed by atoms with Crippen molar-refractivity contribution in [2.45, 2.75) is 63.1 Å². The van der Waals surface area contributed by atoms with Crippen molar-refractivity contribution < 1.29 is 9.59 Å². The highest BCUT2D eigenvalue weighted by molar-refractivity contribution is 5.81. The van der Waals surface area contributed by atoms with E-state index in [1.165, 1.54) is 6.42 Å². The molecule has 1 N–H and O–H groups in total. The van der Waals surface area contributed by atoms with Gasteiger partial charge in [0.1, 0.15) is 0 Å². The van der Waals surface area contributed by atoms with Gasteiger partial charge in [0.2, 0.25) is 5.91 Å². The summed E-state index contributed by atoms with van der Waals surface area (Å²) in [7, 11) is 0. The first-order valence-corrected chi connectivity index (χ1v) is 9.32. The van der Waals surface area contributed by atoms with Gasteiger partial charge in [0.15, 0.2) is 0 Å². The quantitative estimate of drug-likeness (QED) is 0.785. The van der Waals surface area contributed by atoms with Crippen LogP contribution in [0.1, 0.15) is 44.9 Å². The van der Waals surface area contributed by atoms with Crippen LogP contribution < -0.4 is 5.32 Å². The second-order valence-corrected chi connectivity index (χ2v) is 7.47. The molecule has 0 spiro atoms. The second-order valence-electron chi connectivity index (χ2n) is 7.47. The molecule has 6 nitrogen and oxygen atoms in total. The molecule has 2 atom stereocenters. The van der Waals surface area contributed by atoms with Gasteiger partial charge >= 0.3 is 6.03 Å². The standard InChI is InChI=1S/C17H28N4O2/c22-16-12-14-15(4-7-18-14)21(16)13-5-10-20(11-6-13)17(23)19-8-2-1-3-9-19/h13-15,18H,1-12H2/t14-,15-/m1/s1. The predicted octanol–water partition coefficient (Wildman–Crippen LogP) is 1.02. The summed E-state index contributed by atoms with van der Waals surface area (Å²) in [5, 5.41) is 3.45. The van der Waals surface area contributed by atoms with Crippen molar-refractivity contribution in [2.75, 3.05) is 32.7 Å². The van der Waals surface area contributed by atoms with Crippen molar-refractivity contribution >= 4 is 11.9 Å². The Balaban J connectivity index is 1.34. The van der Waals surface area contributed by atoms with E-state index in [0.29, 0.717) is 30.5 Å². The monoisotopic (exact) mass is 320 g/mol. The number of hydrogen-bond acceptors (Lipinski definition) is 3. The van der Waals surface area contributed by atoms with E-state index in [9.17, 15) is 9.59 Å². The highest BCUT2D eigenvalue weighted by atomic mass is 16.2. The van der Waals surface area contributed by atoms with Crippen LogP contribution in [0, 0.1) is 0 Å². The Morgan fingerprint density at radius 3 is 2.39 bits per heavy atom. The smallest absolute Gasteiger partial charge is 0.319 e. The Morgan fingerprint density at radius 2 is 1.65 bits per heavy atom. The number of rotatable bonds is 1. The summed E-state index contributed by atoms with van der Waals surface area (Å²) in [6.45, 7) is 4.46. The molecule has 4 aliphatic rings. The van der Waals surface area contributed by atoms with E-state index >= 15 is 0 Å². The summed E-state index contributed by atoms with van der Waals surface area (Å²) in [6.07, 6.45) is 7.16. The number of fused-ring (bicyclic) bond motifs is 1. The number of carbonyl (C=O) groups excluding carboxylic acids is 2. The molecule has 4 aliphatic heterocycles. The number of nitrogens with one attached hydrogen (secondary N) is 1. The number of likely N-dealkylation sites (tertiary alicyclic amines) is 3. The molecule has 4 fully saturated rings.